The van der Waals surface area contributed by atoms with Crippen LogP contribution in [0.1, 0.15) is 23.9 Å². The Balaban J connectivity index is 2.13. The fourth-order valence-electron chi connectivity index (χ4n) is 2.50. The normalized spacial score (nSPS) is 10.7. The maximum Gasteiger partial charge on any atom is 0.283 e. The molecular weight excluding hydrogens is 334 g/mol. The third-order valence-electron chi connectivity index (χ3n) is 3.62. The van der Waals surface area contributed by atoms with E-state index in [1.54, 1.807) is 12.1 Å². The number of hydrogen-bond acceptors (Lipinski definition) is 3. The Morgan fingerprint density at radius 2 is 2.05 bits per heavy atom. The molecule has 2 rings (SSSR count). The molecule has 5 nitrogen and oxygen atoms in total. The average Bonchev–Trinajstić information content (AvgIpc) is 2.70. The standard InChI is InChI=1S/C15H18BrN3O2/c1-4-18-10(2)7-12(11(18)3)9-17-13-5-6-15(19(20)21)14(16)8-13/h5-8,17H,4,9H2,1-3H3. The molecule has 112 valence electrons. The van der Waals surface area contributed by atoms with Crippen LogP contribution in [0.2, 0.25) is 0 Å². The second kappa shape index (κ2) is 6.30. The average molecular weight is 352 g/mol. The van der Waals surface area contributed by atoms with E-state index in [0.29, 0.717) is 11.0 Å². The van der Waals surface area contributed by atoms with Crippen LogP contribution >= 0.6 is 15.9 Å². The van der Waals surface area contributed by atoms with Crippen molar-refractivity contribution in [1.82, 2.24) is 4.57 Å². The molecule has 0 fully saturated rings. The van der Waals surface area contributed by atoms with Gasteiger partial charge in [-0.15, -0.1) is 0 Å². The first kappa shape index (κ1) is 15.6. The molecule has 1 N–H and O–H groups in total. The number of nitro groups is 1. The van der Waals surface area contributed by atoms with Crippen LogP contribution in [0.15, 0.2) is 28.7 Å². The van der Waals surface area contributed by atoms with E-state index >= 15 is 0 Å². The van der Waals surface area contributed by atoms with Crippen LogP contribution in [0.5, 0.6) is 0 Å². The van der Waals surface area contributed by atoms with Gasteiger partial charge in [0, 0.05) is 36.2 Å². The summed E-state index contributed by atoms with van der Waals surface area (Å²) in [5, 5.41) is 14.1. The number of benzene rings is 1. The largest absolute Gasteiger partial charge is 0.381 e. The third-order valence-corrected chi connectivity index (χ3v) is 4.26. The Bertz CT molecular complexity index is 680. The molecule has 1 aromatic carbocycles. The van der Waals surface area contributed by atoms with E-state index in [4.69, 9.17) is 0 Å². The first-order valence-corrected chi connectivity index (χ1v) is 7.56. The maximum atomic E-state index is 10.8. The van der Waals surface area contributed by atoms with Crippen LogP contribution in [0.25, 0.3) is 0 Å². The van der Waals surface area contributed by atoms with Crippen LogP contribution in [0.3, 0.4) is 0 Å². The summed E-state index contributed by atoms with van der Waals surface area (Å²) in [7, 11) is 0. The zero-order chi connectivity index (χ0) is 15.6. The van der Waals surface area contributed by atoms with Gasteiger partial charge in [0.2, 0.25) is 0 Å². The molecule has 0 saturated carbocycles. The van der Waals surface area contributed by atoms with E-state index < -0.39 is 4.92 Å². The highest BCUT2D eigenvalue weighted by atomic mass is 79.9. The lowest BCUT2D eigenvalue weighted by atomic mass is 10.2. The number of nitro benzene ring substituents is 1. The van der Waals surface area contributed by atoms with Gasteiger partial charge in [-0.2, -0.15) is 0 Å². The second-order valence-electron chi connectivity index (χ2n) is 4.92. The van der Waals surface area contributed by atoms with Gasteiger partial charge in [0.1, 0.15) is 0 Å². The van der Waals surface area contributed by atoms with Gasteiger partial charge in [-0.05, 0) is 60.5 Å². The molecule has 0 saturated heterocycles. The molecule has 0 aliphatic rings. The highest BCUT2D eigenvalue weighted by Crippen LogP contribution is 2.28. The predicted octanol–water partition coefficient (Wildman–Crippen LogP) is 4.41. The first-order valence-electron chi connectivity index (χ1n) is 6.77. The Kier molecular flexibility index (Phi) is 4.67. The number of nitrogens with zero attached hydrogens (tertiary/aromatic N) is 2. The monoisotopic (exact) mass is 351 g/mol. The van der Waals surface area contributed by atoms with Crippen molar-refractivity contribution in [2.45, 2.75) is 33.9 Å². The van der Waals surface area contributed by atoms with Crippen molar-refractivity contribution in [1.29, 1.82) is 0 Å². The number of rotatable bonds is 5. The Labute approximate surface area is 132 Å². The van der Waals surface area contributed by atoms with E-state index in [9.17, 15) is 10.1 Å². The summed E-state index contributed by atoms with van der Waals surface area (Å²) in [5.74, 6) is 0. The number of nitrogens with one attached hydrogen (secondary N) is 1. The van der Waals surface area contributed by atoms with Gasteiger partial charge in [-0.3, -0.25) is 10.1 Å². The van der Waals surface area contributed by atoms with Gasteiger partial charge in [0.25, 0.3) is 5.69 Å². The van der Waals surface area contributed by atoms with Crippen molar-refractivity contribution >= 4 is 27.3 Å². The molecule has 0 unspecified atom stereocenters. The highest BCUT2D eigenvalue weighted by Gasteiger charge is 2.12. The molecule has 1 aromatic heterocycles. The fourth-order valence-corrected chi connectivity index (χ4v) is 3.02. The van der Waals surface area contributed by atoms with Gasteiger partial charge in [0.15, 0.2) is 0 Å². The zero-order valence-electron chi connectivity index (χ0n) is 12.3. The van der Waals surface area contributed by atoms with E-state index in [1.165, 1.54) is 23.0 Å². The Hall–Kier alpha value is -1.82. The molecule has 2 aromatic rings. The van der Waals surface area contributed by atoms with Crippen LogP contribution < -0.4 is 5.32 Å². The number of aromatic nitrogens is 1. The summed E-state index contributed by atoms with van der Waals surface area (Å²) in [4.78, 5) is 10.4. The molecule has 1 heterocycles. The topological polar surface area (TPSA) is 60.1 Å². The summed E-state index contributed by atoms with van der Waals surface area (Å²) in [6, 6.07) is 7.13. The molecule has 0 amide bonds. The quantitative estimate of drug-likeness (QED) is 0.641. The number of aryl methyl sites for hydroxylation is 1. The zero-order valence-corrected chi connectivity index (χ0v) is 13.9. The SMILES string of the molecule is CCn1c(C)cc(CNc2ccc([N+](=O)[O-])c(Br)c2)c1C. The van der Waals surface area contributed by atoms with Gasteiger partial charge in [-0.1, -0.05) is 0 Å². The van der Waals surface area contributed by atoms with Gasteiger partial charge < -0.3 is 9.88 Å². The minimum absolute atomic E-state index is 0.0738. The molecule has 0 radical (unpaired) electrons. The van der Waals surface area contributed by atoms with E-state index in [-0.39, 0.29) is 5.69 Å². The van der Waals surface area contributed by atoms with E-state index in [2.05, 4.69) is 52.7 Å². The second-order valence-corrected chi connectivity index (χ2v) is 5.77. The van der Waals surface area contributed by atoms with Crippen molar-refractivity contribution in [2.75, 3.05) is 5.32 Å². The summed E-state index contributed by atoms with van der Waals surface area (Å²) >= 11 is 3.23. The molecule has 0 bridgehead atoms. The predicted molar refractivity (Wildman–Crippen MR) is 87.7 cm³/mol. The molecule has 0 atom stereocenters. The lowest BCUT2D eigenvalue weighted by molar-refractivity contribution is -0.385. The number of hydrogen-bond donors (Lipinski definition) is 1. The van der Waals surface area contributed by atoms with E-state index in [1.807, 2.05) is 0 Å². The molecule has 21 heavy (non-hydrogen) atoms. The number of halogens is 1. The van der Waals surface area contributed by atoms with E-state index in [0.717, 1.165) is 12.2 Å². The molecular formula is C15H18BrN3O2. The van der Waals surface area contributed by atoms with Crippen LogP contribution in [-0.4, -0.2) is 9.49 Å². The van der Waals surface area contributed by atoms with Crippen molar-refractivity contribution in [3.63, 3.8) is 0 Å². The summed E-state index contributed by atoms with van der Waals surface area (Å²) in [5.41, 5.74) is 4.67. The van der Waals surface area contributed by atoms with Gasteiger partial charge in [0.05, 0.1) is 9.40 Å². The Morgan fingerprint density at radius 3 is 2.57 bits per heavy atom. The fraction of sp³-hybridized carbons (Fsp3) is 0.333. The Morgan fingerprint density at radius 1 is 1.33 bits per heavy atom. The van der Waals surface area contributed by atoms with Crippen LogP contribution in [-0.2, 0) is 13.1 Å². The lowest BCUT2D eigenvalue weighted by Gasteiger charge is -2.08. The van der Waals surface area contributed by atoms with Crippen molar-refractivity contribution in [3.8, 4) is 0 Å². The van der Waals surface area contributed by atoms with Gasteiger partial charge >= 0.3 is 0 Å². The summed E-state index contributed by atoms with van der Waals surface area (Å²) in [6.45, 7) is 8.00. The molecule has 6 heteroatoms. The third kappa shape index (κ3) is 3.26. The van der Waals surface area contributed by atoms with Crippen molar-refractivity contribution < 1.29 is 4.92 Å². The minimum atomic E-state index is -0.400. The van der Waals surface area contributed by atoms with Gasteiger partial charge in [-0.25, -0.2) is 0 Å². The summed E-state index contributed by atoms with van der Waals surface area (Å²) in [6.07, 6.45) is 0. The number of anilines is 1. The first-order chi connectivity index (χ1) is 9.93. The smallest absolute Gasteiger partial charge is 0.283 e. The minimum Gasteiger partial charge on any atom is -0.381 e. The lowest BCUT2D eigenvalue weighted by Crippen LogP contribution is -2.03. The van der Waals surface area contributed by atoms with Crippen molar-refractivity contribution in [2.24, 2.45) is 0 Å². The summed E-state index contributed by atoms with van der Waals surface area (Å²) < 4.78 is 2.75. The maximum absolute atomic E-state index is 10.8. The highest BCUT2D eigenvalue weighted by molar-refractivity contribution is 9.10. The molecule has 0 aliphatic carbocycles. The van der Waals surface area contributed by atoms with Crippen LogP contribution in [0.4, 0.5) is 11.4 Å². The molecule has 0 spiro atoms. The van der Waals surface area contributed by atoms with Crippen LogP contribution in [0, 0.1) is 24.0 Å². The van der Waals surface area contributed by atoms with Crippen molar-refractivity contribution in [3.05, 3.63) is 55.8 Å². The molecule has 0 aliphatic heterocycles.